The Morgan fingerprint density at radius 3 is 1.10 bits per heavy atom. The molecule has 5 aliphatic heterocycles. The van der Waals surface area contributed by atoms with Crippen molar-refractivity contribution in [1.29, 1.82) is 0 Å². The summed E-state index contributed by atoms with van der Waals surface area (Å²) in [4.78, 5) is 25.4. The molecule has 5 fully saturated rings. The van der Waals surface area contributed by atoms with Crippen LogP contribution in [0.4, 0.5) is 0 Å². The number of amides is 2. The summed E-state index contributed by atoms with van der Waals surface area (Å²) < 4.78 is 57.3. The third kappa shape index (κ3) is 13.9. The normalized spacial score (nSPS) is 45.2. The van der Waals surface area contributed by atoms with E-state index in [9.17, 15) is 107 Å². The van der Waals surface area contributed by atoms with Crippen LogP contribution in [0.2, 0.25) is 0 Å². The van der Waals surface area contributed by atoms with E-state index in [1.165, 1.54) is 0 Å². The zero-order valence-electron chi connectivity index (χ0n) is 39.1. The van der Waals surface area contributed by atoms with E-state index in [0.29, 0.717) is 0 Å². The molecule has 5 saturated heterocycles. The summed E-state index contributed by atoms with van der Waals surface area (Å²) in [6, 6.07) is -3.60. The fourth-order valence-corrected chi connectivity index (χ4v) is 8.90. The van der Waals surface area contributed by atoms with Gasteiger partial charge in [0.05, 0.1) is 46.2 Å². The molecule has 21 N–H and O–H groups in total. The maximum Gasteiger partial charge on any atom is 0.217 e. The van der Waals surface area contributed by atoms with Crippen LogP contribution in [0, 0.1) is 0 Å². The van der Waals surface area contributed by atoms with Crippen molar-refractivity contribution in [3.63, 3.8) is 0 Å². The quantitative estimate of drug-likeness (QED) is 0.0479. The fraction of sp³-hybridized carbons (Fsp3) is 0.950. The van der Waals surface area contributed by atoms with E-state index in [1.807, 2.05) is 0 Å². The van der Waals surface area contributed by atoms with Crippen LogP contribution in [0.15, 0.2) is 0 Å². The molecular weight excluding hydrogens is 1000 g/mol. The molecule has 0 bridgehead atoms. The summed E-state index contributed by atoms with van der Waals surface area (Å²) in [5.74, 6) is -1.76. The van der Waals surface area contributed by atoms with Gasteiger partial charge in [0.1, 0.15) is 146 Å². The average Bonchev–Trinajstić information content (AvgIpc) is 3.36. The summed E-state index contributed by atoms with van der Waals surface area (Å²) >= 11 is 0. The van der Waals surface area contributed by atoms with Crippen molar-refractivity contribution in [2.45, 2.75) is 192 Å². The molecule has 426 valence electrons. The van der Waals surface area contributed by atoms with Crippen molar-refractivity contribution < 1.29 is 154 Å². The molecule has 5 heterocycles. The second kappa shape index (κ2) is 27.4. The van der Waals surface area contributed by atoms with Gasteiger partial charge in [0.2, 0.25) is 11.8 Å². The number of aliphatic hydroxyl groups excluding tert-OH is 19. The highest BCUT2D eigenvalue weighted by molar-refractivity contribution is 5.73. The van der Waals surface area contributed by atoms with Crippen LogP contribution < -0.4 is 10.6 Å². The van der Waals surface area contributed by atoms with Crippen LogP contribution in [0.1, 0.15) is 13.8 Å². The van der Waals surface area contributed by atoms with Gasteiger partial charge in [-0.1, -0.05) is 0 Å². The van der Waals surface area contributed by atoms with E-state index >= 15 is 0 Å². The van der Waals surface area contributed by atoms with E-state index < -0.39 is 236 Å². The van der Waals surface area contributed by atoms with Crippen molar-refractivity contribution in [2.24, 2.45) is 0 Å². The van der Waals surface area contributed by atoms with Crippen LogP contribution in [0.3, 0.4) is 0 Å². The Labute approximate surface area is 414 Å². The molecule has 73 heavy (non-hydrogen) atoms. The minimum absolute atomic E-state index is 0.855. The van der Waals surface area contributed by atoms with Gasteiger partial charge in [0, 0.05) is 13.8 Å². The highest BCUT2D eigenvalue weighted by atomic mass is 16.8. The Morgan fingerprint density at radius 2 is 0.726 bits per heavy atom. The second-order valence-electron chi connectivity index (χ2n) is 18.0. The van der Waals surface area contributed by atoms with Gasteiger partial charge in [0.15, 0.2) is 31.5 Å². The zero-order chi connectivity index (χ0) is 54.3. The van der Waals surface area contributed by atoms with Crippen LogP contribution in [0.25, 0.3) is 0 Å². The summed E-state index contributed by atoms with van der Waals surface area (Å²) in [5, 5.41) is 206. The van der Waals surface area contributed by atoms with E-state index in [1.54, 1.807) is 0 Å². The van der Waals surface area contributed by atoms with Crippen molar-refractivity contribution in [3.8, 4) is 0 Å². The lowest BCUT2D eigenvalue weighted by Gasteiger charge is -2.51. The molecule has 0 aromatic carbocycles. The molecular formula is C40H70N2O31. The van der Waals surface area contributed by atoms with Gasteiger partial charge in [-0.3, -0.25) is 9.59 Å². The predicted octanol–water partition coefficient (Wildman–Crippen LogP) is -14.2. The largest absolute Gasteiger partial charge is 0.394 e. The summed E-state index contributed by atoms with van der Waals surface area (Å²) in [6.45, 7) is -5.27. The molecule has 33 nitrogen and oxygen atoms in total. The van der Waals surface area contributed by atoms with Crippen LogP contribution >= 0.6 is 0 Å². The van der Waals surface area contributed by atoms with E-state index in [-0.39, 0.29) is 0 Å². The van der Waals surface area contributed by atoms with Crippen molar-refractivity contribution in [3.05, 3.63) is 0 Å². The van der Waals surface area contributed by atoms with Crippen LogP contribution in [0.5, 0.6) is 0 Å². The first kappa shape index (κ1) is 61.6. The smallest absolute Gasteiger partial charge is 0.217 e. The van der Waals surface area contributed by atoms with Gasteiger partial charge < -0.3 is 155 Å². The molecule has 0 aliphatic carbocycles. The lowest BCUT2D eigenvalue weighted by Crippen LogP contribution is -2.71. The monoisotopic (exact) mass is 1070 g/mol. The Kier molecular flexibility index (Phi) is 23.1. The van der Waals surface area contributed by atoms with Crippen molar-refractivity contribution >= 4 is 11.8 Å². The molecule has 2 amide bonds. The number of carbonyl (C=O) groups excluding carboxylic acids is 2. The first-order valence-corrected chi connectivity index (χ1v) is 23.0. The number of ether oxygens (including phenoxy) is 10. The topological polar surface area (TPSA) is 535 Å². The molecule has 0 radical (unpaired) electrons. The number of hydrogen-bond acceptors (Lipinski definition) is 31. The van der Waals surface area contributed by atoms with Crippen LogP contribution in [-0.2, 0) is 57.0 Å². The predicted molar refractivity (Wildman–Crippen MR) is 225 cm³/mol. The highest BCUT2D eigenvalue weighted by Gasteiger charge is 2.58. The third-order valence-corrected chi connectivity index (χ3v) is 12.9. The van der Waals surface area contributed by atoms with E-state index in [4.69, 9.17) is 47.4 Å². The Balaban J connectivity index is 1.45. The maximum atomic E-state index is 12.8. The summed E-state index contributed by atoms with van der Waals surface area (Å²) in [7, 11) is 0. The highest BCUT2D eigenvalue weighted by Crippen LogP contribution is 2.36. The Bertz CT molecular complexity index is 1700. The number of rotatable bonds is 22. The number of nitrogens with one attached hydrogen (secondary N) is 2. The first-order valence-electron chi connectivity index (χ1n) is 23.0. The summed E-state index contributed by atoms with van der Waals surface area (Å²) in [6.07, 6.45) is -53.3. The molecule has 0 aromatic rings. The number of hydrogen-bond donors (Lipinski definition) is 21. The zero-order valence-corrected chi connectivity index (χ0v) is 39.1. The van der Waals surface area contributed by atoms with Gasteiger partial charge in [-0.2, -0.15) is 0 Å². The fourth-order valence-electron chi connectivity index (χ4n) is 8.90. The van der Waals surface area contributed by atoms with E-state index in [0.717, 1.165) is 13.8 Å². The SMILES string of the molecule is CC(=O)N[C@H]1[C@H](O[C@H]2[C@@H](O)[C@@H](CO)O[C@@H](O[C@H]3[C@H](O)[C@@H](CO)O[C@@H](O[C@H]4[C@@H](O)[C@@H](CO)O[C@@H](O[C@@H]([C@H](O)[C@@H](O)CO)[C@H](O)CO)[C@@H]4O)[C@@H]3NC(C)=O)[C@@H]2O)O[C@H](CO)[C@@H](O)[C@@H]1O[C@@H]1O[C@H](CO)[C@H](O)[C@H](O)[C@H]1O. The van der Waals surface area contributed by atoms with E-state index in [2.05, 4.69) is 10.6 Å². The van der Waals surface area contributed by atoms with Crippen molar-refractivity contribution in [1.82, 2.24) is 10.6 Å². The van der Waals surface area contributed by atoms with Gasteiger partial charge in [-0.25, -0.2) is 0 Å². The van der Waals surface area contributed by atoms with Gasteiger partial charge >= 0.3 is 0 Å². The molecule has 0 saturated carbocycles. The molecule has 5 aliphatic rings. The minimum atomic E-state index is -2.28. The Hall–Kier alpha value is -2.22. The molecule has 0 unspecified atom stereocenters. The lowest BCUT2D eigenvalue weighted by atomic mass is 9.93. The minimum Gasteiger partial charge on any atom is -0.394 e. The van der Waals surface area contributed by atoms with Crippen LogP contribution in [-0.4, -0.2) is 333 Å². The van der Waals surface area contributed by atoms with Gasteiger partial charge in [0.25, 0.3) is 0 Å². The molecule has 5 rings (SSSR count). The Morgan fingerprint density at radius 1 is 0.411 bits per heavy atom. The number of aliphatic hydroxyl groups is 19. The lowest BCUT2D eigenvalue weighted by molar-refractivity contribution is -0.382. The molecule has 0 spiro atoms. The van der Waals surface area contributed by atoms with Crippen molar-refractivity contribution in [2.75, 3.05) is 46.2 Å². The van der Waals surface area contributed by atoms with Gasteiger partial charge in [-0.05, 0) is 0 Å². The third-order valence-electron chi connectivity index (χ3n) is 12.9. The molecule has 29 atom stereocenters. The first-order chi connectivity index (χ1) is 34.5. The standard InChI is InChI=1S/C40H70N2O31/c1-10(50)41-19-32(70-38-28(61)27(60)22(55)14(5-45)66-38)23(56)15(6-46)64-36(19)73-35-26(59)18(9-49)68-40(30(35)63)71-33-20(42-11(2)51)37(65-16(7-47)24(33)57)72-34-25(58)17(8-48)67-39(29(34)62)69-31(13(53)4-44)21(54)12(52)3-43/h12-40,43-49,52-63H,3-9H2,1-2H3,(H,41,50)(H,42,51)/t12-,13+,14+,15+,16+,17+,18+,19+,20+,21+,22-,23+,24+,25-,26-,27-,28+,29+,30+,31+,32+,33+,34-,35-,36-,37-,38-,39-,40-/m0/s1. The maximum absolute atomic E-state index is 12.8. The second-order valence-corrected chi connectivity index (χ2v) is 18.0. The summed E-state index contributed by atoms with van der Waals surface area (Å²) in [5.41, 5.74) is 0. The molecule has 0 aromatic heterocycles. The average molecular weight is 1070 g/mol. The molecule has 33 heteroatoms. The number of carbonyl (C=O) groups is 2. The van der Waals surface area contributed by atoms with Gasteiger partial charge in [-0.15, -0.1) is 0 Å².